The number of aliphatic hydroxyl groups excluding tert-OH is 1. The van der Waals surface area contributed by atoms with E-state index in [-0.39, 0.29) is 12.3 Å². The molecule has 1 aliphatic rings. The van der Waals surface area contributed by atoms with Gasteiger partial charge in [-0.1, -0.05) is 6.58 Å². The lowest BCUT2D eigenvalue weighted by Crippen LogP contribution is -2.46. The van der Waals surface area contributed by atoms with E-state index in [0.717, 1.165) is 6.08 Å². The van der Waals surface area contributed by atoms with Gasteiger partial charge in [0, 0.05) is 38.8 Å². The second-order valence-electron chi connectivity index (χ2n) is 4.56. The number of piperazine rings is 1. The Hall–Kier alpha value is -1.80. The summed E-state index contributed by atoms with van der Waals surface area (Å²) in [6.45, 7) is 4.89. The van der Waals surface area contributed by atoms with Gasteiger partial charge in [0.05, 0.1) is 17.2 Å². The van der Waals surface area contributed by atoms with Crippen molar-refractivity contribution < 1.29 is 18.8 Å². The molecule has 1 fully saturated rings. The molecule has 1 heterocycles. The van der Waals surface area contributed by atoms with Crippen LogP contribution in [0, 0.1) is 10.1 Å². The van der Waals surface area contributed by atoms with Gasteiger partial charge in [0.25, 0.3) is 5.70 Å². The third-order valence-corrected chi connectivity index (χ3v) is 3.21. The Labute approximate surface area is 121 Å². The Morgan fingerprint density at radius 3 is 2.38 bits per heavy atom. The van der Waals surface area contributed by atoms with Crippen molar-refractivity contribution in [2.75, 3.05) is 46.0 Å². The molecule has 0 saturated carbocycles. The van der Waals surface area contributed by atoms with Gasteiger partial charge in [-0.3, -0.25) is 15.0 Å². The minimum atomic E-state index is -1.22. The summed E-state index contributed by atoms with van der Waals surface area (Å²) in [4.78, 5) is 13.4. The van der Waals surface area contributed by atoms with E-state index in [2.05, 4.69) is 6.58 Å². The van der Waals surface area contributed by atoms with Crippen molar-refractivity contribution in [1.29, 1.82) is 0 Å². The smallest absolute Gasteiger partial charge is 0.277 e. The highest BCUT2D eigenvalue weighted by Crippen LogP contribution is 2.18. The molecule has 6 nitrogen and oxygen atoms in total. The number of alkyl halides is 1. The summed E-state index contributed by atoms with van der Waals surface area (Å²) in [7, 11) is 0. The molecule has 8 heteroatoms. The summed E-state index contributed by atoms with van der Waals surface area (Å²) in [6.07, 6.45) is 2.14. The molecule has 0 aromatic carbocycles. The predicted octanol–water partition coefficient (Wildman–Crippen LogP) is 1.09. The molecule has 0 radical (unpaired) electrons. The molecule has 0 amide bonds. The monoisotopic (exact) mass is 303 g/mol. The van der Waals surface area contributed by atoms with Crippen molar-refractivity contribution in [3.63, 3.8) is 0 Å². The molecule has 21 heavy (non-hydrogen) atoms. The van der Waals surface area contributed by atoms with Gasteiger partial charge in [-0.25, -0.2) is 8.78 Å². The molecule has 1 aliphatic heterocycles. The summed E-state index contributed by atoms with van der Waals surface area (Å²) in [5.74, 6) is -0.719. The Bertz CT molecular complexity index is 444. The van der Waals surface area contributed by atoms with Crippen LogP contribution in [0.4, 0.5) is 8.78 Å². The minimum Gasteiger partial charge on any atom is -0.395 e. The lowest BCUT2D eigenvalue weighted by Gasteiger charge is -2.36. The molecular weight excluding hydrogens is 284 g/mol. The van der Waals surface area contributed by atoms with Crippen molar-refractivity contribution in [2.45, 2.75) is 0 Å². The number of hydrogen-bond acceptors (Lipinski definition) is 5. The van der Waals surface area contributed by atoms with E-state index in [1.165, 1.54) is 6.08 Å². The van der Waals surface area contributed by atoms with Crippen molar-refractivity contribution in [1.82, 2.24) is 9.80 Å². The SMILES string of the molecule is C=C(F)/C(=C\C=C(/CF)[N+](=O)[O-])N1CCN(CCO)CC1. The fourth-order valence-electron chi connectivity index (χ4n) is 2.05. The summed E-state index contributed by atoms with van der Waals surface area (Å²) in [6, 6.07) is 0. The fourth-order valence-corrected chi connectivity index (χ4v) is 2.05. The van der Waals surface area contributed by atoms with Crippen molar-refractivity contribution in [2.24, 2.45) is 0 Å². The standard InChI is InChI=1S/C13H19F2N3O3/c1-11(15)13(3-2-12(10-14)18(20)21)17-6-4-16(5-7-17)8-9-19/h2-3,19H,1,4-10H2/b12-2+,13-3+. The number of aliphatic hydroxyl groups is 1. The fraction of sp³-hybridized carbons (Fsp3) is 0.538. The average molecular weight is 303 g/mol. The molecule has 1 saturated heterocycles. The minimum absolute atomic E-state index is 0.0595. The number of rotatable bonds is 7. The molecule has 0 spiro atoms. The molecular formula is C13H19F2N3O3. The first kappa shape index (κ1) is 17.3. The van der Waals surface area contributed by atoms with Gasteiger partial charge in [0.15, 0.2) is 6.67 Å². The summed E-state index contributed by atoms with van der Waals surface area (Å²) in [5.41, 5.74) is -0.515. The van der Waals surface area contributed by atoms with Crippen LogP contribution >= 0.6 is 0 Å². The van der Waals surface area contributed by atoms with E-state index >= 15 is 0 Å². The van der Waals surface area contributed by atoms with Crippen LogP contribution < -0.4 is 0 Å². The first-order valence-corrected chi connectivity index (χ1v) is 6.53. The first-order valence-electron chi connectivity index (χ1n) is 6.53. The Morgan fingerprint density at radius 1 is 1.33 bits per heavy atom. The zero-order valence-corrected chi connectivity index (χ0v) is 11.7. The van der Waals surface area contributed by atoms with Gasteiger partial charge in [-0.15, -0.1) is 0 Å². The van der Waals surface area contributed by atoms with Crippen LogP contribution in [-0.2, 0) is 0 Å². The maximum atomic E-state index is 13.5. The van der Waals surface area contributed by atoms with Crippen LogP contribution in [0.1, 0.15) is 0 Å². The van der Waals surface area contributed by atoms with E-state index < -0.39 is 23.1 Å². The lowest BCUT2D eigenvalue weighted by molar-refractivity contribution is -0.428. The number of β-amino-alcohol motifs (C(OH)–C–C–N with tert-alkyl or cyclic N) is 1. The maximum absolute atomic E-state index is 13.5. The van der Waals surface area contributed by atoms with Gasteiger partial charge >= 0.3 is 0 Å². The van der Waals surface area contributed by atoms with E-state index in [0.29, 0.717) is 32.7 Å². The Balaban J connectivity index is 2.79. The van der Waals surface area contributed by atoms with Crippen LogP contribution in [0.15, 0.2) is 36.0 Å². The summed E-state index contributed by atoms with van der Waals surface area (Å²) >= 11 is 0. The molecule has 118 valence electrons. The second kappa shape index (κ2) is 8.48. The zero-order valence-electron chi connectivity index (χ0n) is 11.7. The molecule has 0 bridgehead atoms. The first-order chi connectivity index (χ1) is 9.99. The number of hydrogen-bond donors (Lipinski definition) is 1. The van der Waals surface area contributed by atoms with Crippen LogP contribution in [-0.4, -0.2) is 65.8 Å². The van der Waals surface area contributed by atoms with Crippen LogP contribution in [0.2, 0.25) is 0 Å². The van der Waals surface area contributed by atoms with Crippen molar-refractivity contribution in [3.05, 3.63) is 46.1 Å². The quantitative estimate of drug-likeness (QED) is 0.433. The predicted molar refractivity (Wildman–Crippen MR) is 74.5 cm³/mol. The molecule has 0 aliphatic carbocycles. The van der Waals surface area contributed by atoms with Crippen molar-refractivity contribution in [3.8, 4) is 0 Å². The Kier molecular flexibility index (Phi) is 6.97. The molecule has 0 atom stereocenters. The van der Waals surface area contributed by atoms with Gasteiger partial charge < -0.3 is 10.0 Å². The lowest BCUT2D eigenvalue weighted by atomic mass is 10.2. The highest BCUT2D eigenvalue weighted by molar-refractivity contribution is 5.27. The van der Waals surface area contributed by atoms with Gasteiger partial charge in [0.1, 0.15) is 5.83 Å². The van der Waals surface area contributed by atoms with Crippen LogP contribution in [0.5, 0.6) is 0 Å². The van der Waals surface area contributed by atoms with Crippen LogP contribution in [0.25, 0.3) is 0 Å². The summed E-state index contributed by atoms with van der Waals surface area (Å²) < 4.78 is 25.9. The number of nitro groups is 1. The average Bonchev–Trinajstić information content (AvgIpc) is 2.44. The molecule has 0 aromatic heterocycles. The molecule has 0 unspecified atom stereocenters. The molecule has 1 N–H and O–H groups in total. The van der Waals surface area contributed by atoms with Crippen molar-refractivity contribution >= 4 is 0 Å². The van der Waals surface area contributed by atoms with E-state index in [4.69, 9.17) is 5.11 Å². The zero-order chi connectivity index (χ0) is 15.8. The maximum Gasteiger partial charge on any atom is 0.277 e. The highest BCUT2D eigenvalue weighted by atomic mass is 19.1. The second-order valence-corrected chi connectivity index (χ2v) is 4.56. The van der Waals surface area contributed by atoms with E-state index in [1.54, 1.807) is 4.90 Å². The number of halogens is 2. The third kappa shape index (κ3) is 5.24. The topological polar surface area (TPSA) is 69.9 Å². The van der Waals surface area contributed by atoms with Gasteiger partial charge in [-0.05, 0) is 6.08 Å². The number of allylic oxidation sites excluding steroid dienone is 4. The largest absolute Gasteiger partial charge is 0.395 e. The van der Waals surface area contributed by atoms with Crippen LogP contribution in [0.3, 0.4) is 0 Å². The summed E-state index contributed by atoms with van der Waals surface area (Å²) in [5, 5.41) is 19.4. The third-order valence-electron chi connectivity index (χ3n) is 3.21. The van der Waals surface area contributed by atoms with E-state index in [9.17, 15) is 18.9 Å². The van der Waals surface area contributed by atoms with Gasteiger partial charge in [0.2, 0.25) is 0 Å². The number of nitrogens with zero attached hydrogens (tertiary/aromatic N) is 3. The van der Waals surface area contributed by atoms with E-state index in [1.807, 2.05) is 4.90 Å². The molecule has 1 rings (SSSR count). The normalized spacial score (nSPS) is 18.0. The highest BCUT2D eigenvalue weighted by Gasteiger charge is 2.20. The Morgan fingerprint density at radius 2 is 1.95 bits per heavy atom. The van der Waals surface area contributed by atoms with Gasteiger partial charge in [-0.2, -0.15) is 0 Å². The molecule has 0 aromatic rings.